The van der Waals surface area contributed by atoms with Crippen LogP contribution in [-0.4, -0.2) is 23.7 Å². The fraction of sp³-hybridized carbons (Fsp3) is 0.500. The molecule has 1 atom stereocenters. The summed E-state index contributed by atoms with van der Waals surface area (Å²) < 4.78 is 5.00. The van der Waals surface area contributed by atoms with Gasteiger partial charge in [-0.3, -0.25) is 4.79 Å². The third-order valence-corrected chi connectivity index (χ3v) is 1.95. The van der Waals surface area contributed by atoms with Crippen molar-refractivity contribution in [3.05, 3.63) is 23.7 Å². The van der Waals surface area contributed by atoms with Gasteiger partial charge in [-0.25, -0.2) is 0 Å². The Bertz CT molecular complexity index is 304. The normalized spacial score (nSPS) is 12.5. The lowest BCUT2D eigenvalue weighted by atomic mass is 10.2. The molecule has 2 N–H and O–H groups in total. The van der Waals surface area contributed by atoms with Gasteiger partial charge in [-0.05, 0) is 26.3 Å². The van der Waals surface area contributed by atoms with E-state index in [1.54, 1.807) is 19.9 Å². The van der Waals surface area contributed by atoms with Gasteiger partial charge in [0, 0.05) is 6.54 Å². The fourth-order valence-electron chi connectivity index (χ4n) is 1.11. The van der Waals surface area contributed by atoms with Gasteiger partial charge < -0.3 is 14.8 Å². The molecule has 4 heteroatoms. The molecule has 0 saturated carbocycles. The van der Waals surface area contributed by atoms with Gasteiger partial charge in [-0.15, -0.1) is 0 Å². The van der Waals surface area contributed by atoms with Crippen LogP contribution >= 0.6 is 0 Å². The summed E-state index contributed by atoms with van der Waals surface area (Å²) in [7, 11) is 0. The van der Waals surface area contributed by atoms with Crippen molar-refractivity contribution in [3.63, 3.8) is 0 Å². The molecular formula is C10H15NO3. The predicted octanol–water partition coefficient (Wildman–Crippen LogP) is 1.09. The maximum atomic E-state index is 11.5. The maximum Gasteiger partial charge on any atom is 0.254 e. The predicted molar refractivity (Wildman–Crippen MR) is 52.1 cm³/mol. The molecule has 1 unspecified atom stereocenters. The number of aliphatic hydroxyl groups is 1. The number of rotatable bonds is 4. The van der Waals surface area contributed by atoms with Crippen molar-refractivity contribution in [3.8, 4) is 0 Å². The Morgan fingerprint density at radius 1 is 1.71 bits per heavy atom. The van der Waals surface area contributed by atoms with Crippen LogP contribution in [-0.2, 0) is 0 Å². The minimum absolute atomic E-state index is 0.156. The standard InChI is InChI=1S/C10H15NO3/c1-7(12)3-5-11-10(13)9-4-6-14-8(9)2/h4,6-7,12H,3,5H2,1-2H3,(H,11,13). The van der Waals surface area contributed by atoms with E-state index in [9.17, 15) is 4.79 Å². The van der Waals surface area contributed by atoms with E-state index in [1.165, 1.54) is 6.26 Å². The van der Waals surface area contributed by atoms with E-state index >= 15 is 0 Å². The molecule has 0 bridgehead atoms. The van der Waals surface area contributed by atoms with Gasteiger partial charge in [0.15, 0.2) is 0 Å². The number of carbonyl (C=O) groups excluding carboxylic acids is 1. The number of hydrogen-bond donors (Lipinski definition) is 2. The lowest BCUT2D eigenvalue weighted by molar-refractivity contribution is 0.0944. The number of furan rings is 1. The monoisotopic (exact) mass is 197 g/mol. The zero-order valence-electron chi connectivity index (χ0n) is 8.41. The van der Waals surface area contributed by atoms with Gasteiger partial charge in [0.2, 0.25) is 0 Å². The van der Waals surface area contributed by atoms with Crippen LogP contribution in [0.4, 0.5) is 0 Å². The first-order valence-electron chi connectivity index (χ1n) is 4.61. The van der Waals surface area contributed by atoms with E-state index in [0.717, 1.165) is 0 Å². The first-order chi connectivity index (χ1) is 6.61. The topological polar surface area (TPSA) is 62.5 Å². The Labute approximate surface area is 82.9 Å². The lowest BCUT2D eigenvalue weighted by Gasteiger charge is -2.05. The molecule has 0 saturated heterocycles. The van der Waals surface area contributed by atoms with Crippen LogP contribution in [0.2, 0.25) is 0 Å². The molecule has 1 aromatic heterocycles. The van der Waals surface area contributed by atoms with Crippen molar-refractivity contribution >= 4 is 5.91 Å². The Balaban J connectivity index is 2.40. The van der Waals surface area contributed by atoms with Crippen LogP contribution in [0.25, 0.3) is 0 Å². The van der Waals surface area contributed by atoms with Crippen molar-refractivity contribution in [1.29, 1.82) is 0 Å². The molecule has 0 aliphatic heterocycles. The van der Waals surface area contributed by atoms with Crippen LogP contribution in [0.1, 0.15) is 29.5 Å². The molecule has 78 valence electrons. The first-order valence-corrected chi connectivity index (χ1v) is 4.61. The molecule has 0 radical (unpaired) electrons. The van der Waals surface area contributed by atoms with Crippen molar-refractivity contribution in [2.24, 2.45) is 0 Å². The molecular weight excluding hydrogens is 182 g/mol. The van der Waals surface area contributed by atoms with Crippen LogP contribution in [0.3, 0.4) is 0 Å². The Hall–Kier alpha value is -1.29. The molecule has 1 amide bonds. The van der Waals surface area contributed by atoms with Gasteiger partial charge in [-0.2, -0.15) is 0 Å². The highest BCUT2D eigenvalue weighted by atomic mass is 16.3. The van der Waals surface area contributed by atoms with Crippen LogP contribution in [0.15, 0.2) is 16.7 Å². The zero-order valence-corrected chi connectivity index (χ0v) is 8.41. The average Bonchev–Trinajstić information content (AvgIpc) is 2.50. The molecule has 1 heterocycles. The number of hydrogen-bond acceptors (Lipinski definition) is 3. The van der Waals surface area contributed by atoms with Crippen molar-refractivity contribution in [2.75, 3.05) is 6.54 Å². The molecule has 1 rings (SSSR count). The van der Waals surface area contributed by atoms with E-state index in [1.807, 2.05) is 0 Å². The Morgan fingerprint density at radius 3 is 2.93 bits per heavy atom. The molecule has 0 aliphatic rings. The van der Waals surface area contributed by atoms with Crippen LogP contribution in [0.5, 0.6) is 0 Å². The largest absolute Gasteiger partial charge is 0.469 e. The van der Waals surface area contributed by atoms with Crippen LogP contribution in [0, 0.1) is 6.92 Å². The van der Waals surface area contributed by atoms with Crippen molar-refractivity contribution in [1.82, 2.24) is 5.32 Å². The maximum absolute atomic E-state index is 11.5. The average molecular weight is 197 g/mol. The van der Waals surface area contributed by atoms with Gasteiger partial charge in [0.25, 0.3) is 5.91 Å². The molecule has 4 nitrogen and oxygen atoms in total. The SMILES string of the molecule is Cc1occc1C(=O)NCCC(C)O. The number of aryl methyl sites for hydroxylation is 1. The summed E-state index contributed by atoms with van der Waals surface area (Å²) in [6.45, 7) is 3.90. The van der Waals surface area contributed by atoms with Gasteiger partial charge in [0.05, 0.1) is 17.9 Å². The summed E-state index contributed by atoms with van der Waals surface area (Å²) in [5.74, 6) is 0.455. The molecule has 0 aliphatic carbocycles. The number of nitrogens with one attached hydrogen (secondary N) is 1. The van der Waals surface area contributed by atoms with E-state index in [4.69, 9.17) is 9.52 Å². The first kappa shape index (κ1) is 10.8. The van der Waals surface area contributed by atoms with Crippen molar-refractivity contribution < 1.29 is 14.3 Å². The summed E-state index contributed by atoms with van der Waals surface area (Å²) in [4.78, 5) is 11.5. The Kier molecular flexibility index (Phi) is 3.71. The number of amides is 1. The van der Waals surface area contributed by atoms with Gasteiger partial charge >= 0.3 is 0 Å². The third-order valence-electron chi connectivity index (χ3n) is 1.95. The quantitative estimate of drug-likeness (QED) is 0.759. The highest BCUT2D eigenvalue weighted by Gasteiger charge is 2.10. The second-order valence-electron chi connectivity index (χ2n) is 3.28. The summed E-state index contributed by atoms with van der Waals surface area (Å²) in [5, 5.41) is 11.7. The molecule has 14 heavy (non-hydrogen) atoms. The highest BCUT2D eigenvalue weighted by Crippen LogP contribution is 2.07. The van der Waals surface area contributed by atoms with E-state index in [-0.39, 0.29) is 12.0 Å². The van der Waals surface area contributed by atoms with Crippen LogP contribution < -0.4 is 5.32 Å². The molecule has 0 aromatic carbocycles. The summed E-state index contributed by atoms with van der Waals surface area (Å²) in [6.07, 6.45) is 1.66. The molecule has 1 aromatic rings. The summed E-state index contributed by atoms with van der Waals surface area (Å²) >= 11 is 0. The Morgan fingerprint density at radius 2 is 2.43 bits per heavy atom. The second kappa shape index (κ2) is 4.81. The third kappa shape index (κ3) is 2.88. The van der Waals surface area contributed by atoms with E-state index in [0.29, 0.717) is 24.3 Å². The summed E-state index contributed by atoms with van der Waals surface area (Å²) in [5.41, 5.74) is 0.551. The second-order valence-corrected chi connectivity index (χ2v) is 3.28. The molecule has 0 spiro atoms. The van der Waals surface area contributed by atoms with E-state index < -0.39 is 0 Å². The fourth-order valence-corrected chi connectivity index (χ4v) is 1.11. The van der Waals surface area contributed by atoms with E-state index in [2.05, 4.69) is 5.32 Å². The number of aliphatic hydroxyl groups excluding tert-OH is 1. The minimum atomic E-state index is -0.388. The van der Waals surface area contributed by atoms with Crippen molar-refractivity contribution in [2.45, 2.75) is 26.4 Å². The number of carbonyl (C=O) groups is 1. The van der Waals surface area contributed by atoms with Gasteiger partial charge in [-0.1, -0.05) is 0 Å². The lowest BCUT2D eigenvalue weighted by Crippen LogP contribution is -2.26. The minimum Gasteiger partial charge on any atom is -0.469 e. The highest BCUT2D eigenvalue weighted by molar-refractivity contribution is 5.94. The smallest absolute Gasteiger partial charge is 0.254 e. The summed E-state index contributed by atoms with van der Waals surface area (Å²) in [6, 6.07) is 1.63. The van der Waals surface area contributed by atoms with Gasteiger partial charge in [0.1, 0.15) is 5.76 Å². The zero-order chi connectivity index (χ0) is 10.6. The molecule has 0 fully saturated rings.